The number of aliphatic hydroxyl groups excluding tert-OH is 1. The lowest BCUT2D eigenvalue weighted by molar-refractivity contribution is 0.0308. The molecule has 0 aliphatic carbocycles. The SMILES string of the molecule is CCCCCCOCC(O)CNC(COC)C(C)C. The van der Waals surface area contributed by atoms with Crippen LogP contribution in [0.25, 0.3) is 0 Å². The van der Waals surface area contributed by atoms with E-state index in [-0.39, 0.29) is 6.04 Å². The van der Waals surface area contributed by atoms with Gasteiger partial charge in [-0.05, 0) is 12.3 Å². The molecule has 4 heteroatoms. The minimum atomic E-state index is -0.440. The third-order valence-electron chi connectivity index (χ3n) is 3.22. The molecule has 0 aromatic rings. The lowest BCUT2D eigenvalue weighted by atomic mass is 10.1. The Morgan fingerprint density at radius 2 is 1.84 bits per heavy atom. The minimum absolute atomic E-state index is 0.282. The summed E-state index contributed by atoms with van der Waals surface area (Å²) in [6, 6.07) is 0.282. The summed E-state index contributed by atoms with van der Waals surface area (Å²) in [6.45, 7) is 8.88. The van der Waals surface area contributed by atoms with E-state index in [0.29, 0.717) is 25.7 Å². The molecule has 0 saturated heterocycles. The number of aliphatic hydroxyl groups is 1. The average Bonchev–Trinajstić information content (AvgIpc) is 2.38. The number of unbranched alkanes of at least 4 members (excludes halogenated alkanes) is 3. The van der Waals surface area contributed by atoms with Crippen LogP contribution in [0.15, 0.2) is 0 Å². The van der Waals surface area contributed by atoms with E-state index in [2.05, 4.69) is 26.1 Å². The normalized spacial score (nSPS) is 14.8. The van der Waals surface area contributed by atoms with Crippen molar-refractivity contribution in [1.82, 2.24) is 5.32 Å². The van der Waals surface area contributed by atoms with Gasteiger partial charge >= 0.3 is 0 Å². The van der Waals surface area contributed by atoms with E-state index in [1.165, 1.54) is 19.3 Å². The van der Waals surface area contributed by atoms with Gasteiger partial charge in [0.15, 0.2) is 0 Å². The molecule has 0 heterocycles. The van der Waals surface area contributed by atoms with Gasteiger partial charge < -0.3 is 19.9 Å². The second kappa shape index (κ2) is 12.9. The first kappa shape index (κ1) is 18.8. The quantitative estimate of drug-likeness (QED) is 0.506. The second-order valence-corrected chi connectivity index (χ2v) is 5.50. The van der Waals surface area contributed by atoms with E-state index in [9.17, 15) is 5.11 Å². The van der Waals surface area contributed by atoms with Crippen molar-refractivity contribution < 1.29 is 14.6 Å². The summed E-state index contributed by atoms with van der Waals surface area (Å²) in [6.07, 6.45) is 4.37. The van der Waals surface area contributed by atoms with Crippen molar-refractivity contribution in [2.75, 3.05) is 33.5 Å². The zero-order valence-electron chi connectivity index (χ0n) is 13.2. The van der Waals surface area contributed by atoms with Gasteiger partial charge in [0.25, 0.3) is 0 Å². The largest absolute Gasteiger partial charge is 0.389 e. The van der Waals surface area contributed by atoms with Crippen molar-refractivity contribution in [3.8, 4) is 0 Å². The Morgan fingerprint density at radius 1 is 1.11 bits per heavy atom. The van der Waals surface area contributed by atoms with Crippen LogP contribution in [-0.2, 0) is 9.47 Å². The van der Waals surface area contributed by atoms with Crippen molar-refractivity contribution in [3.05, 3.63) is 0 Å². The summed E-state index contributed by atoms with van der Waals surface area (Å²) in [5.41, 5.74) is 0. The number of ether oxygens (including phenoxy) is 2. The maximum atomic E-state index is 9.82. The third-order valence-corrected chi connectivity index (χ3v) is 3.22. The molecule has 0 radical (unpaired) electrons. The molecule has 2 N–H and O–H groups in total. The topological polar surface area (TPSA) is 50.7 Å². The average molecular weight is 275 g/mol. The van der Waals surface area contributed by atoms with Gasteiger partial charge in [0.2, 0.25) is 0 Å². The first-order valence-corrected chi connectivity index (χ1v) is 7.59. The Bertz CT molecular complexity index is 188. The van der Waals surface area contributed by atoms with Crippen molar-refractivity contribution in [3.63, 3.8) is 0 Å². The Labute approximate surface area is 118 Å². The molecular formula is C15H33NO3. The number of rotatable bonds is 13. The van der Waals surface area contributed by atoms with Crippen LogP contribution in [0.2, 0.25) is 0 Å². The Kier molecular flexibility index (Phi) is 12.7. The van der Waals surface area contributed by atoms with Gasteiger partial charge in [0, 0.05) is 26.3 Å². The molecule has 0 spiro atoms. The smallest absolute Gasteiger partial charge is 0.0897 e. The van der Waals surface area contributed by atoms with Crippen LogP contribution in [-0.4, -0.2) is 50.7 Å². The molecule has 0 amide bonds. The van der Waals surface area contributed by atoms with Crippen LogP contribution < -0.4 is 5.32 Å². The first-order chi connectivity index (χ1) is 9.11. The van der Waals surface area contributed by atoms with Crippen molar-refractivity contribution >= 4 is 0 Å². The molecule has 4 nitrogen and oxygen atoms in total. The van der Waals surface area contributed by atoms with E-state index < -0.39 is 6.10 Å². The van der Waals surface area contributed by atoms with Gasteiger partial charge in [-0.1, -0.05) is 40.0 Å². The monoisotopic (exact) mass is 275 g/mol. The lowest BCUT2D eigenvalue weighted by Crippen LogP contribution is -2.42. The van der Waals surface area contributed by atoms with Crippen molar-refractivity contribution in [1.29, 1.82) is 0 Å². The van der Waals surface area contributed by atoms with E-state index in [0.717, 1.165) is 13.0 Å². The lowest BCUT2D eigenvalue weighted by Gasteiger charge is -2.23. The molecule has 116 valence electrons. The van der Waals surface area contributed by atoms with E-state index in [1.54, 1.807) is 7.11 Å². The molecule has 0 rings (SSSR count). The Morgan fingerprint density at radius 3 is 2.42 bits per heavy atom. The van der Waals surface area contributed by atoms with E-state index in [1.807, 2.05) is 0 Å². The summed E-state index contributed by atoms with van der Waals surface area (Å²) >= 11 is 0. The molecule has 2 unspecified atom stereocenters. The predicted molar refractivity (Wildman–Crippen MR) is 79.5 cm³/mol. The standard InChI is InChI=1S/C15H33NO3/c1-5-6-7-8-9-19-11-14(17)10-16-15(12-18-4)13(2)3/h13-17H,5-12H2,1-4H3. The zero-order chi connectivity index (χ0) is 14.5. The highest BCUT2D eigenvalue weighted by atomic mass is 16.5. The Hall–Kier alpha value is -0.160. The highest BCUT2D eigenvalue weighted by molar-refractivity contribution is 4.72. The van der Waals surface area contributed by atoms with Crippen molar-refractivity contribution in [2.24, 2.45) is 5.92 Å². The van der Waals surface area contributed by atoms with Crippen LogP contribution in [0.5, 0.6) is 0 Å². The summed E-state index contributed by atoms with van der Waals surface area (Å²) in [7, 11) is 1.70. The fraction of sp³-hybridized carbons (Fsp3) is 1.00. The maximum Gasteiger partial charge on any atom is 0.0897 e. The number of methoxy groups -OCH3 is 1. The van der Waals surface area contributed by atoms with Gasteiger partial charge in [-0.3, -0.25) is 0 Å². The van der Waals surface area contributed by atoms with Gasteiger partial charge in [-0.25, -0.2) is 0 Å². The maximum absolute atomic E-state index is 9.82. The summed E-state index contributed by atoms with van der Waals surface area (Å²) in [5, 5.41) is 13.1. The predicted octanol–water partition coefficient (Wildman–Crippen LogP) is 2.20. The highest BCUT2D eigenvalue weighted by Crippen LogP contribution is 2.02. The minimum Gasteiger partial charge on any atom is -0.389 e. The fourth-order valence-corrected chi connectivity index (χ4v) is 1.86. The summed E-state index contributed by atoms with van der Waals surface area (Å²) in [4.78, 5) is 0. The fourth-order valence-electron chi connectivity index (χ4n) is 1.86. The molecular weight excluding hydrogens is 242 g/mol. The molecule has 0 aromatic heterocycles. The molecule has 2 atom stereocenters. The molecule has 0 saturated carbocycles. The molecule has 0 aliphatic rings. The second-order valence-electron chi connectivity index (χ2n) is 5.50. The molecule has 0 bridgehead atoms. The van der Waals surface area contributed by atoms with E-state index >= 15 is 0 Å². The summed E-state index contributed by atoms with van der Waals surface area (Å²) < 4.78 is 10.6. The molecule has 19 heavy (non-hydrogen) atoms. The number of hydrogen-bond acceptors (Lipinski definition) is 4. The first-order valence-electron chi connectivity index (χ1n) is 7.59. The molecule has 0 aromatic carbocycles. The molecule has 0 aliphatic heterocycles. The van der Waals surface area contributed by atoms with Crippen LogP contribution in [0.4, 0.5) is 0 Å². The Balaban J connectivity index is 3.53. The number of hydrogen-bond donors (Lipinski definition) is 2. The van der Waals surface area contributed by atoms with Crippen molar-refractivity contribution in [2.45, 2.75) is 58.6 Å². The highest BCUT2D eigenvalue weighted by Gasteiger charge is 2.14. The van der Waals surface area contributed by atoms with Crippen LogP contribution in [0.3, 0.4) is 0 Å². The number of nitrogens with one attached hydrogen (secondary N) is 1. The zero-order valence-corrected chi connectivity index (χ0v) is 13.2. The van der Waals surface area contributed by atoms with Gasteiger partial charge in [0.1, 0.15) is 0 Å². The molecule has 0 fully saturated rings. The third kappa shape index (κ3) is 11.4. The van der Waals surface area contributed by atoms with Gasteiger partial charge in [-0.15, -0.1) is 0 Å². The van der Waals surface area contributed by atoms with Crippen LogP contribution in [0, 0.1) is 5.92 Å². The van der Waals surface area contributed by atoms with E-state index in [4.69, 9.17) is 9.47 Å². The van der Waals surface area contributed by atoms with Gasteiger partial charge in [0.05, 0.1) is 19.3 Å². The van der Waals surface area contributed by atoms with Gasteiger partial charge in [-0.2, -0.15) is 0 Å². The van der Waals surface area contributed by atoms with Crippen LogP contribution >= 0.6 is 0 Å². The summed E-state index contributed by atoms with van der Waals surface area (Å²) in [5.74, 6) is 0.488. The van der Waals surface area contributed by atoms with Crippen LogP contribution in [0.1, 0.15) is 46.5 Å².